The van der Waals surface area contributed by atoms with Crippen molar-refractivity contribution in [2.24, 2.45) is 0 Å². The normalized spacial score (nSPS) is 11.9. The number of hydrogen-bond donors (Lipinski definition) is 2. The van der Waals surface area contributed by atoms with Crippen LogP contribution in [0.1, 0.15) is 24.5 Å². The summed E-state index contributed by atoms with van der Waals surface area (Å²) in [6.07, 6.45) is 1.81. The molecule has 2 N–H and O–H groups in total. The van der Waals surface area contributed by atoms with Gasteiger partial charge < -0.3 is 15.0 Å². The van der Waals surface area contributed by atoms with Crippen molar-refractivity contribution in [3.8, 4) is 0 Å². The molecule has 1 unspecified atom stereocenters. The van der Waals surface area contributed by atoms with Gasteiger partial charge in [0.1, 0.15) is 0 Å². The van der Waals surface area contributed by atoms with Gasteiger partial charge in [0.25, 0.3) is 5.91 Å². The lowest BCUT2D eigenvalue weighted by Gasteiger charge is -2.14. The largest absolute Gasteiger partial charge is 0.453 e. The first-order valence-corrected chi connectivity index (χ1v) is 9.18. The van der Waals surface area contributed by atoms with Crippen molar-refractivity contribution in [2.45, 2.75) is 32.4 Å². The maximum absolute atomic E-state index is 12.1. The zero-order valence-corrected chi connectivity index (χ0v) is 15.8. The van der Waals surface area contributed by atoms with Gasteiger partial charge in [0.15, 0.2) is 6.10 Å². The van der Waals surface area contributed by atoms with Crippen molar-refractivity contribution in [1.29, 1.82) is 0 Å². The number of rotatable bonds is 7. The highest BCUT2D eigenvalue weighted by atomic mass is 35.5. The van der Waals surface area contributed by atoms with Gasteiger partial charge in [-0.2, -0.15) is 0 Å². The monoisotopic (exact) mass is 384 g/mol. The fourth-order valence-corrected chi connectivity index (χ4v) is 3.06. The number of benzene rings is 2. The van der Waals surface area contributed by atoms with E-state index in [1.54, 1.807) is 13.0 Å². The van der Waals surface area contributed by atoms with E-state index < -0.39 is 12.1 Å². The summed E-state index contributed by atoms with van der Waals surface area (Å²) >= 11 is 6.06. The van der Waals surface area contributed by atoms with Gasteiger partial charge in [0.2, 0.25) is 0 Å². The van der Waals surface area contributed by atoms with Crippen LogP contribution in [0.3, 0.4) is 0 Å². The number of aryl methyl sites for hydroxylation is 1. The van der Waals surface area contributed by atoms with Gasteiger partial charge in [-0.25, -0.2) is 0 Å². The molecule has 0 fully saturated rings. The van der Waals surface area contributed by atoms with Gasteiger partial charge in [-0.15, -0.1) is 0 Å². The number of esters is 1. The van der Waals surface area contributed by atoms with E-state index in [0.717, 1.165) is 22.0 Å². The number of aromatic amines is 1. The first-order valence-electron chi connectivity index (χ1n) is 8.80. The van der Waals surface area contributed by atoms with Gasteiger partial charge in [-0.05, 0) is 36.6 Å². The highest BCUT2D eigenvalue weighted by molar-refractivity contribution is 6.31. The molecule has 0 radical (unpaired) electrons. The molecule has 0 saturated carbocycles. The second-order valence-corrected chi connectivity index (χ2v) is 6.71. The molecule has 1 aromatic heterocycles. The molecule has 3 rings (SSSR count). The molecule has 0 bridgehead atoms. The molecule has 0 aliphatic carbocycles. The molecular formula is C21H21ClN2O3. The van der Waals surface area contributed by atoms with E-state index in [1.807, 2.05) is 48.7 Å². The number of carbonyl (C=O) groups is 2. The van der Waals surface area contributed by atoms with Gasteiger partial charge in [-0.1, -0.05) is 48.0 Å². The zero-order chi connectivity index (χ0) is 19.2. The minimum atomic E-state index is -0.858. The van der Waals surface area contributed by atoms with Gasteiger partial charge in [0, 0.05) is 35.1 Å². The number of hydrogen-bond acceptors (Lipinski definition) is 3. The van der Waals surface area contributed by atoms with Crippen molar-refractivity contribution in [1.82, 2.24) is 10.3 Å². The Labute approximate surface area is 162 Å². The molecule has 0 spiro atoms. The Bertz CT molecular complexity index is 951. The number of H-pyrrole nitrogens is 1. The van der Waals surface area contributed by atoms with Crippen molar-refractivity contribution in [3.05, 3.63) is 70.9 Å². The van der Waals surface area contributed by atoms with E-state index in [1.165, 1.54) is 0 Å². The number of amides is 1. The lowest BCUT2D eigenvalue weighted by atomic mass is 10.1. The maximum Gasteiger partial charge on any atom is 0.306 e. The second-order valence-electron chi connectivity index (χ2n) is 6.30. The molecular weight excluding hydrogens is 364 g/mol. The lowest BCUT2D eigenvalue weighted by molar-refractivity contribution is -0.154. The molecule has 1 heterocycles. The van der Waals surface area contributed by atoms with Crippen LogP contribution in [0.15, 0.2) is 54.7 Å². The summed E-state index contributed by atoms with van der Waals surface area (Å²) in [7, 11) is 0. The second kappa shape index (κ2) is 8.73. The summed E-state index contributed by atoms with van der Waals surface area (Å²) in [6.45, 7) is 1.85. The Morgan fingerprint density at radius 1 is 1.11 bits per heavy atom. The highest BCUT2D eigenvalue weighted by Gasteiger charge is 2.18. The fraction of sp³-hybridized carbons (Fsp3) is 0.238. The van der Waals surface area contributed by atoms with Crippen LogP contribution in [0.5, 0.6) is 0 Å². The standard InChI is InChI=1S/C21H21ClN2O3/c1-14(21(26)24-13-16-6-2-4-8-18(16)22)27-20(25)11-10-15-12-23-19-9-5-3-7-17(15)19/h2-9,12,14,23H,10-11,13H2,1H3,(H,24,26). The van der Waals surface area contributed by atoms with Crippen LogP contribution >= 0.6 is 11.6 Å². The maximum atomic E-state index is 12.1. The Kier molecular flexibility index (Phi) is 6.14. The molecule has 1 amide bonds. The van der Waals surface area contributed by atoms with Crippen molar-refractivity contribution in [2.75, 3.05) is 0 Å². The summed E-state index contributed by atoms with van der Waals surface area (Å²) in [5.74, 6) is -0.754. The summed E-state index contributed by atoms with van der Waals surface area (Å²) < 4.78 is 5.25. The lowest BCUT2D eigenvalue weighted by Crippen LogP contribution is -2.35. The molecule has 3 aromatic rings. The van der Waals surface area contributed by atoms with Gasteiger partial charge >= 0.3 is 5.97 Å². The highest BCUT2D eigenvalue weighted by Crippen LogP contribution is 2.19. The van der Waals surface area contributed by atoms with Gasteiger partial charge in [0.05, 0.1) is 0 Å². The fourth-order valence-electron chi connectivity index (χ4n) is 2.85. The number of ether oxygens (including phenoxy) is 1. The number of nitrogens with one attached hydrogen (secondary N) is 2. The van der Waals surface area contributed by atoms with Crippen LogP contribution in [0, 0.1) is 0 Å². The van der Waals surface area contributed by atoms with E-state index in [4.69, 9.17) is 16.3 Å². The van der Waals surface area contributed by atoms with E-state index >= 15 is 0 Å². The number of fused-ring (bicyclic) bond motifs is 1. The minimum Gasteiger partial charge on any atom is -0.453 e. The molecule has 0 aliphatic rings. The minimum absolute atomic E-state index is 0.212. The topological polar surface area (TPSA) is 71.2 Å². The third-order valence-electron chi connectivity index (χ3n) is 4.36. The molecule has 27 heavy (non-hydrogen) atoms. The summed E-state index contributed by atoms with van der Waals surface area (Å²) in [4.78, 5) is 27.4. The molecule has 6 heteroatoms. The van der Waals surface area contributed by atoms with E-state index in [-0.39, 0.29) is 18.9 Å². The van der Waals surface area contributed by atoms with Crippen LogP contribution in [0.25, 0.3) is 10.9 Å². The Balaban J connectivity index is 1.47. The first-order chi connectivity index (χ1) is 13.0. The molecule has 0 saturated heterocycles. The van der Waals surface area contributed by atoms with Crippen LogP contribution < -0.4 is 5.32 Å². The van der Waals surface area contributed by atoms with Crippen LogP contribution in [0.4, 0.5) is 0 Å². The molecule has 1 atom stereocenters. The Morgan fingerprint density at radius 3 is 2.67 bits per heavy atom. The zero-order valence-electron chi connectivity index (χ0n) is 15.0. The average molecular weight is 385 g/mol. The predicted octanol–water partition coefficient (Wildman–Crippen LogP) is 4.00. The number of para-hydroxylation sites is 1. The van der Waals surface area contributed by atoms with Crippen molar-refractivity contribution >= 4 is 34.4 Å². The van der Waals surface area contributed by atoms with E-state index in [0.29, 0.717) is 11.4 Å². The summed E-state index contributed by atoms with van der Waals surface area (Å²) in [6, 6.07) is 15.2. The number of carbonyl (C=O) groups excluding carboxylic acids is 2. The third-order valence-corrected chi connectivity index (χ3v) is 4.73. The first kappa shape index (κ1) is 19.0. The third kappa shape index (κ3) is 4.89. The van der Waals surface area contributed by atoms with Crippen LogP contribution in [-0.2, 0) is 27.3 Å². The van der Waals surface area contributed by atoms with Crippen LogP contribution in [-0.4, -0.2) is 23.0 Å². The number of aromatic nitrogens is 1. The van der Waals surface area contributed by atoms with Gasteiger partial charge in [-0.3, -0.25) is 9.59 Å². The quantitative estimate of drug-likeness (QED) is 0.605. The Hall–Kier alpha value is -2.79. The molecule has 140 valence electrons. The Morgan fingerprint density at radius 2 is 1.85 bits per heavy atom. The summed E-state index contributed by atoms with van der Waals surface area (Å²) in [5.41, 5.74) is 2.90. The molecule has 5 nitrogen and oxygen atoms in total. The van der Waals surface area contributed by atoms with E-state index in [9.17, 15) is 9.59 Å². The predicted molar refractivity (Wildman–Crippen MR) is 105 cm³/mol. The smallest absolute Gasteiger partial charge is 0.306 e. The number of halogens is 1. The van der Waals surface area contributed by atoms with E-state index in [2.05, 4.69) is 10.3 Å². The van der Waals surface area contributed by atoms with Crippen LogP contribution in [0.2, 0.25) is 5.02 Å². The molecule has 0 aliphatic heterocycles. The molecule has 2 aromatic carbocycles. The summed E-state index contributed by atoms with van der Waals surface area (Å²) in [5, 5.41) is 4.41. The van der Waals surface area contributed by atoms with Crippen molar-refractivity contribution < 1.29 is 14.3 Å². The SMILES string of the molecule is CC(OC(=O)CCc1c[nH]c2ccccc12)C(=O)NCc1ccccc1Cl. The van der Waals surface area contributed by atoms with Crippen molar-refractivity contribution in [3.63, 3.8) is 0 Å². The average Bonchev–Trinajstić information content (AvgIpc) is 3.08.